The van der Waals surface area contributed by atoms with Crippen LogP contribution in [-0.4, -0.2) is 5.78 Å². The van der Waals surface area contributed by atoms with Crippen molar-refractivity contribution in [3.63, 3.8) is 0 Å². The monoisotopic (exact) mass is 340 g/mol. The van der Waals surface area contributed by atoms with Crippen molar-refractivity contribution in [3.8, 4) is 0 Å². The van der Waals surface area contributed by atoms with Crippen LogP contribution in [0.5, 0.6) is 0 Å². The molecule has 2 rings (SSSR count). The predicted molar refractivity (Wildman–Crippen MR) is 73.7 cm³/mol. The van der Waals surface area contributed by atoms with Gasteiger partial charge in [-0.3, -0.25) is 4.79 Å². The molecule has 2 aromatic rings. The Balaban J connectivity index is 2.44. The highest BCUT2D eigenvalue weighted by Gasteiger charge is 2.14. The molecular formula is C14H10FIO. The zero-order chi connectivity index (χ0) is 12.4. The van der Waals surface area contributed by atoms with E-state index in [1.54, 1.807) is 31.2 Å². The molecule has 17 heavy (non-hydrogen) atoms. The van der Waals surface area contributed by atoms with Gasteiger partial charge in [-0.15, -0.1) is 0 Å². The number of hydrogen-bond acceptors (Lipinski definition) is 1. The summed E-state index contributed by atoms with van der Waals surface area (Å²) in [5.74, 6) is -0.710. The van der Waals surface area contributed by atoms with Crippen LogP contribution in [0, 0.1) is 16.3 Å². The summed E-state index contributed by atoms with van der Waals surface area (Å²) in [7, 11) is 0. The lowest BCUT2D eigenvalue weighted by Crippen LogP contribution is -2.05. The molecule has 3 heteroatoms. The van der Waals surface area contributed by atoms with Crippen LogP contribution in [-0.2, 0) is 0 Å². The van der Waals surface area contributed by atoms with Crippen molar-refractivity contribution < 1.29 is 9.18 Å². The summed E-state index contributed by atoms with van der Waals surface area (Å²) >= 11 is 2.16. The molecule has 1 nitrogen and oxygen atoms in total. The second-order valence-electron chi connectivity index (χ2n) is 3.77. The van der Waals surface area contributed by atoms with Crippen molar-refractivity contribution in [3.05, 3.63) is 68.5 Å². The molecule has 0 atom stereocenters. The number of carbonyl (C=O) groups is 1. The van der Waals surface area contributed by atoms with E-state index in [1.165, 1.54) is 6.07 Å². The average molecular weight is 340 g/mol. The van der Waals surface area contributed by atoms with Gasteiger partial charge in [0.05, 0.1) is 5.56 Å². The molecule has 0 spiro atoms. The Bertz CT molecular complexity index is 561. The van der Waals surface area contributed by atoms with E-state index in [2.05, 4.69) is 22.6 Å². The Morgan fingerprint density at radius 3 is 2.41 bits per heavy atom. The lowest BCUT2D eigenvalue weighted by molar-refractivity contribution is 0.103. The van der Waals surface area contributed by atoms with Gasteiger partial charge in [-0.05, 0) is 65.4 Å². The molecule has 2 aromatic carbocycles. The number of rotatable bonds is 2. The van der Waals surface area contributed by atoms with E-state index >= 15 is 0 Å². The second-order valence-corrected chi connectivity index (χ2v) is 5.02. The van der Waals surface area contributed by atoms with Gasteiger partial charge in [0.2, 0.25) is 0 Å². The molecule has 0 saturated heterocycles. The van der Waals surface area contributed by atoms with Crippen molar-refractivity contribution in [1.82, 2.24) is 0 Å². The van der Waals surface area contributed by atoms with Crippen LogP contribution in [0.15, 0.2) is 42.5 Å². The minimum atomic E-state index is -0.434. The van der Waals surface area contributed by atoms with Crippen LogP contribution < -0.4 is 0 Å². The van der Waals surface area contributed by atoms with Crippen molar-refractivity contribution in [2.24, 2.45) is 0 Å². The SMILES string of the molecule is Cc1cccc(C(=O)c2ccc(I)cc2)c1F. The summed E-state index contributed by atoms with van der Waals surface area (Å²) in [4.78, 5) is 12.1. The molecule has 0 saturated carbocycles. The first kappa shape index (κ1) is 12.2. The molecule has 0 aliphatic heterocycles. The number of carbonyl (C=O) groups excluding carboxylic acids is 1. The summed E-state index contributed by atoms with van der Waals surface area (Å²) in [5.41, 5.74) is 1.13. The standard InChI is InChI=1S/C14H10FIO/c1-9-3-2-4-12(13(9)15)14(17)10-5-7-11(16)8-6-10/h2-8H,1H3. The summed E-state index contributed by atoms with van der Waals surface area (Å²) in [5, 5.41) is 0. The van der Waals surface area contributed by atoms with E-state index in [9.17, 15) is 9.18 Å². The van der Waals surface area contributed by atoms with Crippen LogP contribution in [0.25, 0.3) is 0 Å². The molecule has 0 heterocycles. The van der Waals surface area contributed by atoms with E-state index < -0.39 is 5.82 Å². The Kier molecular flexibility index (Phi) is 3.57. The van der Waals surface area contributed by atoms with Crippen LogP contribution in [0.4, 0.5) is 4.39 Å². The van der Waals surface area contributed by atoms with Crippen molar-refractivity contribution in [2.75, 3.05) is 0 Å². The molecule has 0 aliphatic carbocycles. The normalized spacial score (nSPS) is 10.3. The van der Waals surface area contributed by atoms with Gasteiger partial charge >= 0.3 is 0 Å². The summed E-state index contributed by atoms with van der Waals surface area (Å²) in [6, 6.07) is 12.0. The van der Waals surface area contributed by atoms with Gasteiger partial charge < -0.3 is 0 Å². The third-order valence-corrected chi connectivity index (χ3v) is 3.26. The maximum Gasteiger partial charge on any atom is 0.195 e. The lowest BCUT2D eigenvalue weighted by Gasteiger charge is -2.04. The first-order valence-corrected chi connectivity index (χ1v) is 6.23. The first-order valence-electron chi connectivity index (χ1n) is 5.15. The smallest absolute Gasteiger partial charge is 0.195 e. The Morgan fingerprint density at radius 2 is 1.76 bits per heavy atom. The van der Waals surface area contributed by atoms with Gasteiger partial charge in [0.1, 0.15) is 5.82 Å². The fraction of sp³-hybridized carbons (Fsp3) is 0.0714. The zero-order valence-electron chi connectivity index (χ0n) is 9.21. The first-order chi connectivity index (χ1) is 8.09. The largest absolute Gasteiger partial charge is 0.288 e. The highest BCUT2D eigenvalue weighted by atomic mass is 127. The predicted octanol–water partition coefficient (Wildman–Crippen LogP) is 3.97. The summed E-state index contributed by atoms with van der Waals surface area (Å²) < 4.78 is 14.8. The Morgan fingerprint density at radius 1 is 1.12 bits per heavy atom. The van der Waals surface area contributed by atoms with E-state index in [0.717, 1.165) is 3.57 Å². The number of halogens is 2. The molecule has 86 valence electrons. The van der Waals surface area contributed by atoms with Crippen LogP contribution >= 0.6 is 22.6 Å². The Labute approximate surface area is 113 Å². The van der Waals surface area contributed by atoms with E-state index in [-0.39, 0.29) is 11.3 Å². The van der Waals surface area contributed by atoms with Gasteiger partial charge in [0.25, 0.3) is 0 Å². The maximum absolute atomic E-state index is 13.8. The van der Waals surface area contributed by atoms with Crippen LogP contribution in [0.3, 0.4) is 0 Å². The summed E-state index contributed by atoms with van der Waals surface area (Å²) in [6.45, 7) is 1.65. The van der Waals surface area contributed by atoms with Gasteiger partial charge in [0, 0.05) is 9.13 Å². The minimum Gasteiger partial charge on any atom is -0.288 e. The van der Waals surface area contributed by atoms with Gasteiger partial charge in [-0.1, -0.05) is 12.1 Å². The van der Waals surface area contributed by atoms with E-state index in [0.29, 0.717) is 11.1 Å². The quantitative estimate of drug-likeness (QED) is 0.597. The van der Waals surface area contributed by atoms with Gasteiger partial charge in [-0.2, -0.15) is 0 Å². The van der Waals surface area contributed by atoms with Crippen molar-refractivity contribution >= 4 is 28.4 Å². The highest BCUT2D eigenvalue weighted by Crippen LogP contribution is 2.17. The van der Waals surface area contributed by atoms with E-state index in [4.69, 9.17) is 0 Å². The second kappa shape index (κ2) is 4.96. The van der Waals surface area contributed by atoms with E-state index in [1.807, 2.05) is 12.1 Å². The third kappa shape index (κ3) is 2.54. The zero-order valence-corrected chi connectivity index (χ0v) is 11.4. The average Bonchev–Trinajstić information content (AvgIpc) is 2.33. The minimum absolute atomic E-state index is 0.131. The molecule has 0 radical (unpaired) electrons. The highest BCUT2D eigenvalue weighted by molar-refractivity contribution is 14.1. The third-order valence-electron chi connectivity index (χ3n) is 2.54. The molecule has 0 unspecified atom stereocenters. The molecule has 0 amide bonds. The number of hydrogen-bond donors (Lipinski definition) is 0. The number of aryl methyl sites for hydroxylation is 1. The van der Waals surface area contributed by atoms with Gasteiger partial charge in [-0.25, -0.2) is 4.39 Å². The van der Waals surface area contributed by atoms with Gasteiger partial charge in [0.15, 0.2) is 5.78 Å². The molecule has 0 aromatic heterocycles. The number of benzene rings is 2. The van der Waals surface area contributed by atoms with Crippen molar-refractivity contribution in [2.45, 2.75) is 6.92 Å². The fourth-order valence-electron chi connectivity index (χ4n) is 1.58. The molecular weight excluding hydrogens is 330 g/mol. The fourth-order valence-corrected chi connectivity index (χ4v) is 1.94. The molecule has 0 aliphatic rings. The number of ketones is 1. The Hall–Kier alpha value is -1.23. The maximum atomic E-state index is 13.8. The van der Waals surface area contributed by atoms with Crippen LogP contribution in [0.2, 0.25) is 0 Å². The topological polar surface area (TPSA) is 17.1 Å². The summed E-state index contributed by atoms with van der Waals surface area (Å²) in [6.07, 6.45) is 0. The van der Waals surface area contributed by atoms with Crippen molar-refractivity contribution in [1.29, 1.82) is 0 Å². The van der Waals surface area contributed by atoms with Crippen LogP contribution in [0.1, 0.15) is 21.5 Å². The molecule has 0 fully saturated rings. The molecule has 0 N–H and O–H groups in total. The molecule has 0 bridgehead atoms. The lowest BCUT2D eigenvalue weighted by atomic mass is 10.0.